The molecule has 7 nitrogen and oxygen atoms in total. The number of ether oxygens (including phenoxy) is 3. The maximum atomic E-state index is 13.0. The maximum absolute atomic E-state index is 13.0. The second-order valence-corrected chi connectivity index (χ2v) is 8.91. The highest BCUT2D eigenvalue weighted by atomic mass is 35.5. The fraction of sp³-hybridized carbons (Fsp3) is 0.240. The van der Waals surface area contributed by atoms with Gasteiger partial charge in [0, 0.05) is 22.0 Å². The van der Waals surface area contributed by atoms with Crippen LogP contribution in [0.4, 0.5) is 0 Å². The lowest BCUT2D eigenvalue weighted by atomic mass is 10.1. The van der Waals surface area contributed by atoms with E-state index in [1.54, 1.807) is 12.1 Å². The summed E-state index contributed by atoms with van der Waals surface area (Å²) in [7, 11) is 0. The van der Waals surface area contributed by atoms with Crippen LogP contribution in [-0.2, 0) is 6.54 Å². The number of hydrogen-bond donors (Lipinski definition) is 0. The SMILES string of the molecule is Cc1cc(C(=O)COc2ncnc3c(Cl)cc(Cl)cc23)c(C)n1CC1COc2ccccc2O1. The van der Waals surface area contributed by atoms with Crippen molar-refractivity contribution in [2.24, 2.45) is 0 Å². The van der Waals surface area contributed by atoms with Gasteiger partial charge in [-0.05, 0) is 44.2 Å². The Morgan fingerprint density at radius 1 is 1.15 bits per heavy atom. The molecule has 2 aromatic carbocycles. The normalized spacial score (nSPS) is 14.9. The highest BCUT2D eigenvalue weighted by Gasteiger charge is 2.24. The molecule has 0 radical (unpaired) electrons. The van der Waals surface area contributed by atoms with Crippen molar-refractivity contribution in [2.45, 2.75) is 26.5 Å². The van der Waals surface area contributed by atoms with Crippen LogP contribution in [0.15, 0.2) is 48.8 Å². The Kier molecular flexibility index (Phi) is 6.06. The fourth-order valence-corrected chi connectivity index (χ4v) is 4.66. The number of aromatic nitrogens is 3. The molecule has 0 amide bonds. The average Bonchev–Trinajstić information content (AvgIpc) is 3.11. The number of para-hydroxylation sites is 2. The first-order chi connectivity index (χ1) is 16.4. The van der Waals surface area contributed by atoms with Crippen molar-refractivity contribution < 1.29 is 19.0 Å². The first-order valence-corrected chi connectivity index (χ1v) is 11.5. The predicted molar refractivity (Wildman–Crippen MR) is 130 cm³/mol. The van der Waals surface area contributed by atoms with Gasteiger partial charge in [0.1, 0.15) is 12.9 Å². The Bertz CT molecular complexity index is 1400. The molecule has 2 aromatic heterocycles. The first kappa shape index (κ1) is 22.5. The van der Waals surface area contributed by atoms with Gasteiger partial charge in [-0.1, -0.05) is 35.3 Å². The number of fused-ring (bicyclic) bond motifs is 2. The van der Waals surface area contributed by atoms with Gasteiger partial charge in [0.25, 0.3) is 0 Å². The minimum atomic E-state index is -0.184. The zero-order valence-corrected chi connectivity index (χ0v) is 20.1. The maximum Gasteiger partial charge on any atom is 0.225 e. The monoisotopic (exact) mass is 497 g/mol. The van der Waals surface area contributed by atoms with Gasteiger partial charge >= 0.3 is 0 Å². The van der Waals surface area contributed by atoms with Crippen LogP contribution >= 0.6 is 23.2 Å². The second-order valence-electron chi connectivity index (χ2n) is 8.07. The number of rotatable bonds is 6. The van der Waals surface area contributed by atoms with E-state index in [1.807, 2.05) is 44.2 Å². The van der Waals surface area contributed by atoms with Gasteiger partial charge in [0.2, 0.25) is 11.7 Å². The van der Waals surface area contributed by atoms with Crippen molar-refractivity contribution in [3.8, 4) is 17.4 Å². The van der Waals surface area contributed by atoms with Crippen molar-refractivity contribution in [1.82, 2.24) is 14.5 Å². The molecule has 1 aliphatic rings. The van der Waals surface area contributed by atoms with E-state index in [1.165, 1.54) is 6.33 Å². The minimum absolute atomic E-state index is 0.162. The summed E-state index contributed by atoms with van der Waals surface area (Å²) < 4.78 is 19.7. The van der Waals surface area contributed by atoms with Crippen molar-refractivity contribution in [3.05, 3.63) is 75.8 Å². The molecule has 3 heterocycles. The van der Waals surface area contributed by atoms with E-state index in [9.17, 15) is 4.79 Å². The van der Waals surface area contributed by atoms with Crippen molar-refractivity contribution in [2.75, 3.05) is 13.2 Å². The van der Waals surface area contributed by atoms with E-state index in [-0.39, 0.29) is 24.4 Å². The third-order valence-electron chi connectivity index (χ3n) is 5.79. The molecule has 0 aliphatic carbocycles. The summed E-state index contributed by atoms with van der Waals surface area (Å²) in [4.78, 5) is 21.4. The fourth-order valence-electron chi connectivity index (χ4n) is 4.12. The zero-order valence-electron chi connectivity index (χ0n) is 18.5. The summed E-state index contributed by atoms with van der Waals surface area (Å²) >= 11 is 12.3. The second kappa shape index (κ2) is 9.16. The molecule has 1 unspecified atom stereocenters. The molecule has 0 N–H and O–H groups in total. The number of carbonyl (C=O) groups is 1. The topological polar surface area (TPSA) is 75.5 Å². The number of ketones is 1. The molecule has 34 heavy (non-hydrogen) atoms. The quantitative estimate of drug-likeness (QED) is 0.329. The molecule has 5 rings (SSSR count). The lowest BCUT2D eigenvalue weighted by Crippen LogP contribution is -2.33. The van der Waals surface area contributed by atoms with Crippen LogP contribution in [0, 0.1) is 13.8 Å². The number of carbonyl (C=O) groups excluding carboxylic acids is 1. The summed E-state index contributed by atoms with van der Waals surface area (Å²) in [5, 5.41) is 1.37. The molecule has 0 fully saturated rings. The molecule has 0 bridgehead atoms. The van der Waals surface area contributed by atoms with Crippen LogP contribution in [0.2, 0.25) is 10.0 Å². The van der Waals surface area contributed by atoms with Gasteiger partial charge in [0.05, 0.1) is 22.5 Å². The smallest absolute Gasteiger partial charge is 0.225 e. The molecule has 0 saturated carbocycles. The van der Waals surface area contributed by atoms with E-state index >= 15 is 0 Å². The number of halogens is 2. The van der Waals surface area contributed by atoms with E-state index in [0.29, 0.717) is 39.7 Å². The molecular formula is C25H21Cl2N3O4. The summed E-state index contributed by atoms with van der Waals surface area (Å²) in [6.45, 7) is 4.69. The van der Waals surface area contributed by atoms with Gasteiger partial charge in [-0.2, -0.15) is 0 Å². The van der Waals surface area contributed by atoms with Crippen LogP contribution in [0.1, 0.15) is 21.7 Å². The summed E-state index contributed by atoms with van der Waals surface area (Å²) in [6.07, 6.45) is 1.18. The third kappa shape index (κ3) is 4.29. The third-order valence-corrected chi connectivity index (χ3v) is 6.29. The van der Waals surface area contributed by atoms with Crippen LogP contribution < -0.4 is 14.2 Å². The number of hydrogen-bond acceptors (Lipinski definition) is 6. The van der Waals surface area contributed by atoms with Crippen LogP contribution in [-0.4, -0.2) is 39.6 Å². The molecular weight excluding hydrogens is 477 g/mol. The predicted octanol–water partition coefficient (Wildman–Crippen LogP) is 5.46. The van der Waals surface area contributed by atoms with E-state index < -0.39 is 0 Å². The summed E-state index contributed by atoms with van der Waals surface area (Å²) in [5.74, 6) is 1.56. The van der Waals surface area contributed by atoms with E-state index in [4.69, 9.17) is 37.4 Å². The Morgan fingerprint density at radius 2 is 1.94 bits per heavy atom. The molecule has 0 saturated heterocycles. The Morgan fingerprint density at radius 3 is 2.76 bits per heavy atom. The van der Waals surface area contributed by atoms with Gasteiger partial charge in [-0.15, -0.1) is 0 Å². The van der Waals surface area contributed by atoms with Crippen molar-refractivity contribution in [3.63, 3.8) is 0 Å². The van der Waals surface area contributed by atoms with E-state index in [0.717, 1.165) is 22.9 Å². The van der Waals surface area contributed by atoms with Gasteiger partial charge in [-0.3, -0.25) is 4.79 Å². The highest BCUT2D eigenvalue weighted by molar-refractivity contribution is 6.38. The van der Waals surface area contributed by atoms with E-state index in [2.05, 4.69) is 14.5 Å². The minimum Gasteiger partial charge on any atom is -0.486 e. The largest absolute Gasteiger partial charge is 0.486 e. The Labute approximate surface area is 206 Å². The number of nitrogens with zero attached hydrogens (tertiary/aromatic N) is 3. The lowest BCUT2D eigenvalue weighted by Gasteiger charge is -2.27. The molecule has 4 aromatic rings. The highest BCUT2D eigenvalue weighted by Crippen LogP contribution is 2.32. The van der Waals surface area contributed by atoms with Gasteiger partial charge < -0.3 is 18.8 Å². The van der Waals surface area contributed by atoms with Crippen molar-refractivity contribution >= 4 is 39.9 Å². The van der Waals surface area contributed by atoms with Crippen LogP contribution in [0.25, 0.3) is 10.9 Å². The molecule has 0 spiro atoms. The standard InChI is InChI=1S/C25H21Cl2N3O4/c1-14-7-18(15(2)30(14)10-17-11-32-22-5-3-4-6-23(22)34-17)21(31)12-33-25-19-8-16(26)9-20(27)24(19)28-13-29-25/h3-9,13,17H,10-12H2,1-2H3. The number of Topliss-reactive ketones (excluding diaryl/α,β-unsaturated/α-hetero) is 1. The summed E-state index contributed by atoms with van der Waals surface area (Å²) in [5.41, 5.74) is 2.89. The lowest BCUT2D eigenvalue weighted by molar-refractivity contribution is 0.0777. The average molecular weight is 498 g/mol. The van der Waals surface area contributed by atoms with Crippen molar-refractivity contribution in [1.29, 1.82) is 0 Å². The van der Waals surface area contributed by atoms with Gasteiger partial charge in [0.15, 0.2) is 24.2 Å². The Hall–Kier alpha value is -3.29. The molecule has 9 heteroatoms. The number of aryl methyl sites for hydroxylation is 1. The van der Waals surface area contributed by atoms with Gasteiger partial charge in [-0.25, -0.2) is 9.97 Å². The molecule has 1 aliphatic heterocycles. The van der Waals surface area contributed by atoms with Crippen LogP contribution in [0.5, 0.6) is 17.4 Å². The number of benzene rings is 2. The molecule has 1 atom stereocenters. The molecule has 174 valence electrons. The first-order valence-electron chi connectivity index (χ1n) is 10.7. The zero-order chi connectivity index (χ0) is 23.8. The van der Waals surface area contributed by atoms with Crippen LogP contribution in [0.3, 0.4) is 0 Å². The summed E-state index contributed by atoms with van der Waals surface area (Å²) in [6, 6.07) is 12.7. The Balaban J connectivity index is 1.31.